The first kappa shape index (κ1) is 41.6. The van der Waals surface area contributed by atoms with Crippen molar-refractivity contribution in [3.05, 3.63) is 11.9 Å². The summed E-state index contributed by atoms with van der Waals surface area (Å²) < 4.78 is 7.94. The van der Waals surface area contributed by atoms with Gasteiger partial charge in [-0.15, -0.1) is 5.10 Å². The summed E-state index contributed by atoms with van der Waals surface area (Å²) in [7, 11) is 0. The lowest BCUT2D eigenvalue weighted by Crippen LogP contribution is -2.41. The Labute approximate surface area is 280 Å². The highest BCUT2D eigenvalue weighted by molar-refractivity contribution is 6.01. The maximum absolute atomic E-state index is 12.4. The molecule has 1 rings (SSSR count). The minimum atomic E-state index is -0.777. The van der Waals surface area contributed by atoms with Gasteiger partial charge in [-0.05, 0) is 72.8 Å². The third-order valence-electron chi connectivity index (χ3n) is 8.07. The number of primary amides is 2. The Morgan fingerprint density at radius 1 is 0.894 bits per heavy atom. The molecule has 0 aliphatic carbocycles. The molecule has 2 atom stereocenters. The van der Waals surface area contributed by atoms with E-state index in [9.17, 15) is 24.0 Å². The minimum absolute atomic E-state index is 0.0427. The molecule has 1 aromatic rings. The van der Waals surface area contributed by atoms with E-state index in [0.29, 0.717) is 76.9 Å². The van der Waals surface area contributed by atoms with Gasteiger partial charge >= 0.3 is 0 Å². The fraction of sp³-hybridized carbons (Fsp3) is 0.788. The van der Waals surface area contributed by atoms with Crippen molar-refractivity contribution in [3.63, 3.8) is 0 Å². The van der Waals surface area contributed by atoms with Gasteiger partial charge in [0.15, 0.2) is 0 Å². The average Bonchev–Trinajstić information content (AvgIpc) is 3.49. The van der Waals surface area contributed by atoms with Gasteiger partial charge in [-0.2, -0.15) is 0 Å². The van der Waals surface area contributed by atoms with E-state index in [4.69, 9.17) is 16.2 Å². The highest BCUT2D eigenvalue weighted by Gasteiger charge is 2.28. The van der Waals surface area contributed by atoms with Crippen LogP contribution >= 0.6 is 0 Å². The van der Waals surface area contributed by atoms with Crippen molar-refractivity contribution >= 4 is 29.4 Å². The van der Waals surface area contributed by atoms with Gasteiger partial charge < -0.3 is 32.2 Å². The molecule has 0 aliphatic rings. The first-order chi connectivity index (χ1) is 22.0. The summed E-state index contributed by atoms with van der Waals surface area (Å²) in [5.41, 5.74) is 10.4. The van der Waals surface area contributed by atoms with Crippen molar-refractivity contribution < 1.29 is 28.7 Å². The second-order valence-electron chi connectivity index (χ2n) is 13.7. The number of amides is 4. The quantitative estimate of drug-likeness (QED) is 0.0721. The second-order valence-corrected chi connectivity index (χ2v) is 13.7. The number of carbonyl (C=O) groups is 5. The molecule has 7 N–H and O–H groups in total. The van der Waals surface area contributed by atoms with Crippen LogP contribution in [0, 0.1) is 11.8 Å². The van der Waals surface area contributed by atoms with Crippen molar-refractivity contribution in [2.45, 2.75) is 130 Å². The fourth-order valence-electron chi connectivity index (χ4n) is 4.87. The molecule has 0 radical (unpaired) electrons. The highest BCUT2D eigenvalue weighted by atomic mass is 16.5. The number of hydrogen-bond acceptors (Lipinski definition) is 9. The molecular weight excluding hydrogens is 604 g/mol. The normalized spacial score (nSPS) is 13.3. The Morgan fingerprint density at radius 2 is 1.49 bits per heavy atom. The van der Waals surface area contributed by atoms with Crippen molar-refractivity contribution in [1.82, 2.24) is 30.9 Å². The molecule has 0 spiro atoms. The number of nitrogens with two attached hydrogens (primary N) is 2. The molecule has 1 aromatic heterocycles. The molecule has 14 nitrogen and oxygen atoms in total. The molecule has 0 aromatic carbocycles. The molecular formula is C33H60N8O6. The smallest absolute Gasteiger partial charge is 0.234 e. The lowest BCUT2D eigenvalue weighted by Gasteiger charge is -2.31. The monoisotopic (exact) mass is 664 g/mol. The summed E-state index contributed by atoms with van der Waals surface area (Å²) in [6, 6.07) is -0.337. The summed E-state index contributed by atoms with van der Waals surface area (Å²) in [6.45, 7) is 15.3. The van der Waals surface area contributed by atoms with Gasteiger partial charge in [0.25, 0.3) is 0 Å². The number of aryl methyl sites for hydroxylation is 1. The summed E-state index contributed by atoms with van der Waals surface area (Å²) in [5, 5.41) is 17.4. The van der Waals surface area contributed by atoms with Crippen molar-refractivity contribution in [2.75, 3.05) is 26.2 Å². The van der Waals surface area contributed by atoms with E-state index in [1.165, 1.54) is 0 Å². The highest BCUT2D eigenvalue weighted by Crippen LogP contribution is 2.23. The number of ketones is 1. The van der Waals surface area contributed by atoms with E-state index in [1.54, 1.807) is 18.5 Å². The lowest BCUT2D eigenvalue weighted by molar-refractivity contribution is -0.134. The van der Waals surface area contributed by atoms with E-state index < -0.39 is 23.0 Å². The van der Waals surface area contributed by atoms with Crippen LogP contribution < -0.4 is 27.4 Å². The first-order valence-corrected chi connectivity index (χ1v) is 16.9. The SMILES string of the molecule is CCNC(CCCCNC(=O)CCC(C)(C)OCC(C)(C)n1cc(CCC(=O)NCCCCC(C(N)=O)C(=O)C(C)C)nn1)C(N)=O. The summed E-state index contributed by atoms with van der Waals surface area (Å²) in [5.74, 6) is -2.28. The number of rotatable bonds is 26. The van der Waals surface area contributed by atoms with E-state index in [1.807, 2.05) is 40.8 Å². The molecule has 1 heterocycles. The van der Waals surface area contributed by atoms with Crippen molar-refractivity contribution in [2.24, 2.45) is 23.3 Å². The second kappa shape index (κ2) is 20.8. The van der Waals surface area contributed by atoms with Gasteiger partial charge in [0.2, 0.25) is 23.6 Å². The standard InChI is InChI=1S/C33H60N8O6/c1-8-36-26(31(35)46)14-10-12-20-38-28(43)17-18-33(6,7)47-22-32(4,5)41-21-24(39-40-41)15-16-27(42)37-19-11-9-13-25(30(34)45)29(44)23(2)3/h21,23,25-26,36H,8-20,22H2,1-7H3,(H2,34,45)(H2,35,46)(H,37,42)(H,38,43). The molecule has 268 valence electrons. The van der Waals surface area contributed by atoms with Crippen LogP contribution in [0.15, 0.2) is 6.20 Å². The fourth-order valence-corrected chi connectivity index (χ4v) is 4.87. The number of aromatic nitrogens is 3. The zero-order chi connectivity index (χ0) is 35.6. The van der Waals surface area contributed by atoms with Gasteiger partial charge in [0.1, 0.15) is 5.78 Å². The number of likely N-dealkylation sites (N-methyl/N-ethyl adjacent to an activating group) is 1. The predicted octanol–water partition coefficient (Wildman–Crippen LogP) is 1.88. The topological polar surface area (TPSA) is 213 Å². The summed E-state index contributed by atoms with van der Waals surface area (Å²) in [4.78, 5) is 59.9. The molecule has 2 unspecified atom stereocenters. The Balaban J connectivity index is 2.36. The molecule has 0 saturated heterocycles. The zero-order valence-corrected chi connectivity index (χ0v) is 29.7. The minimum Gasteiger partial charge on any atom is -0.373 e. The number of hydrogen-bond donors (Lipinski definition) is 5. The van der Waals surface area contributed by atoms with Gasteiger partial charge in [-0.25, -0.2) is 4.68 Å². The van der Waals surface area contributed by atoms with Crippen LogP contribution in [-0.2, 0) is 40.7 Å². The lowest BCUT2D eigenvalue weighted by atomic mass is 9.90. The zero-order valence-electron chi connectivity index (χ0n) is 29.7. The van der Waals surface area contributed by atoms with Crippen LogP contribution in [0.3, 0.4) is 0 Å². The Hall–Kier alpha value is -3.39. The first-order valence-electron chi connectivity index (χ1n) is 16.9. The van der Waals surface area contributed by atoms with Crippen LogP contribution in [0.25, 0.3) is 0 Å². The molecule has 0 bridgehead atoms. The average molecular weight is 665 g/mol. The van der Waals surface area contributed by atoms with Crippen LogP contribution in [0.2, 0.25) is 0 Å². The predicted molar refractivity (Wildman–Crippen MR) is 180 cm³/mol. The Kier molecular flexibility index (Phi) is 18.4. The summed E-state index contributed by atoms with van der Waals surface area (Å²) >= 11 is 0. The van der Waals surface area contributed by atoms with Crippen molar-refractivity contribution in [1.29, 1.82) is 0 Å². The number of ether oxygens (including phenoxy) is 1. The number of Topliss-reactive ketones (excluding diaryl/α,β-unsaturated/α-hetero) is 1. The largest absolute Gasteiger partial charge is 0.373 e. The summed E-state index contributed by atoms with van der Waals surface area (Å²) in [6.07, 6.45) is 7.20. The van der Waals surface area contributed by atoms with Gasteiger partial charge in [0.05, 0.1) is 35.4 Å². The molecule has 4 amide bonds. The van der Waals surface area contributed by atoms with Gasteiger partial charge in [-0.1, -0.05) is 32.4 Å². The van der Waals surface area contributed by atoms with Crippen LogP contribution in [0.5, 0.6) is 0 Å². The Bertz CT molecular complexity index is 1150. The maximum atomic E-state index is 12.4. The van der Waals surface area contributed by atoms with E-state index in [-0.39, 0.29) is 41.9 Å². The Morgan fingerprint density at radius 3 is 2.04 bits per heavy atom. The number of nitrogens with zero attached hydrogens (tertiary/aromatic N) is 3. The van der Waals surface area contributed by atoms with E-state index >= 15 is 0 Å². The number of unbranched alkanes of at least 4 members (excludes halogenated alkanes) is 2. The molecule has 0 fully saturated rings. The van der Waals surface area contributed by atoms with Gasteiger partial charge in [0, 0.05) is 44.5 Å². The van der Waals surface area contributed by atoms with E-state index in [2.05, 4.69) is 26.3 Å². The maximum Gasteiger partial charge on any atom is 0.234 e. The van der Waals surface area contributed by atoms with Crippen LogP contribution in [0.1, 0.15) is 112 Å². The van der Waals surface area contributed by atoms with Crippen molar-refractivity contribution in [3.8, 4) is 0 Å². The molecule has 47 heavy (non-hydrogen) atoms. The molecule has 14 heteroatoms. The van der Waals surface area contributed by atoms with E-state index in [0.717, 1.165) is 12.8 Å². The number of nitrogens with one attached hydrogen (secondary N) is 3. The van der Waals surface area contributed by atoms with Gasteiger partial charge in [-0.3, -0.25) is 24.0 Å². The van der Waals surface area contributed by atoms with Crippen LogP contribution in [-0.4, -0.2) is 82.3 Å². The van der Waals surface area contributed by atoms with Crippen LogP contribution in [0.4, 0.5) is 0 Å². The third kappa shape index (κ3) is 16.8. The third-order valence-corrected chi connectivity index (χ3v) is 8.07. The molecule has 0 aliphatic heterocycles. The number of carbonyl (C=O) groups excluding carboxylic acids is 5. The molecule has 0 saturated carbocycles.